The van der Waals surface area contributed by atoms with Gasteiger partial charge >= 0.3 is 11.9 Å². The van der Waals surface area contributed by atoms with E-state index in [-0.39, 0.29) is 41.2 Å². The first kappa shape index (κ1) is 28.9. The molecule has 4 nitrogen and oxygen atoms in total. The minimum Gasteiger partial charge on any atom is -0.456 e. The molecule has 0 saturated heterocycles. The van der Waals surface area contributed by atoms with Crippen LogP contribution in [0.5, 0.6) is 0 Å². The van der Waals surface area contributed by atoms with Gasteiger partial charge in [-0.15, -0.1) is 0 Å². The predicted octanol–water partition coefficient (Wildman–Crippen LogP) is 8.36. The zero-order valence-corrected chi connectivity index (χ0v) is 25.5. The average Bonchev–Trinajstić information content (AvgIpc) is 2.97. The third-order valence-electron chi connectivity index (χ3n) is 12.2. The fraction of sp³-hybridized carbons (Fsp3) is 0.939. The van der Waals surface area contributed by atoms with E-state index in [1.165, 1.54) is 38.5 Å². The van der Waals surface area contributed by atoms with Crippen LogP contribution in [-0.4, -0.2) is 24.1 Å². The van der Waals surface area contributed by atoms with Crippen molar-refractivity contribution in [1.29, 1.82) is 0 Å². The molecular weight excluding hydrogens is 460 g/mol. The molecule has 5 fully saturated rings. The molecule has 4 heteroatoms. The molecule has 0 amide bonds. The monoisotopic (exact) mass is 516 g/mol. The summed E-state index contributed by atoms with van der Waals surface area (Å²) < 4.78 is 12.4. The molecule has 5 unspecified atom stereocenters. The summed E-state index contributed by atoms with van der Waals surface area (Å²) in [5.74, 6) is 2.33. The van der Waals surface area contributed by atoms with Crippen molar-refractivity contribution in [1.82, 2.24) is 0 Å². The highest BCUT2D eigenvalue weighted by atomic mass is 16.6. The fourth-order valence-corrected chi connectivity index (χ4v) is 10.4. The van der Waals surface area contributed by atoms with E-state index in [4.69, 9.17) is 9.47 Å². The van der Waals surface area contributed by atoms with E-state index in [0.717, 1.165) is 49.9 Å². The van der Waals surface area contributed by atoms with Crippen molar-refractivity contribution in [2.75, 3.05) is 6.61 Å². The molecule has 0 spiro atoms. The van der Waals surface area contributed by atoms with Crippen LogP contribution in [0.3, 0.4) is 0 Å². The van der Waals surface area contributed by atoms with Gasteiger partial charge in [-0.3, -0.25) is 4.79 Å². The van der Waals surface area contributed by atoms with Gasteiger partial charge < -0.3 is 9.47 Å². The van der Waals surface area contributed by atoms with Gasteiger partial charge in [-0.2, -0.15) is 0 Å². The van der Waals surface area contributed by atoms with Crippen molar-refractivity contribution in [3.05, 3.63) is 0 Å². The van der Waals surface area contributed by atoms with E-state index in [1.54, 1.807) is 0 Å². The molecule has 0 heterocycles. The number of ether oxygens (including phenoxy) is 2. The van der Waals surface area contributed by atoms with Crippen molar-refractivity contribution in [2.24, 2.45) is 51.2 Å². The normalized spacial score (nSPS) is 41.2. The fourth-order valence-electron chi connectivity index (χ4n) is 10.4. The van der Waals surface area contributed by atoms with E-state index < -0.39 is 11.0 Å². The van der Waals surface area contributed by atoms with Crippen molar-refractivity contribution >= 4 is 11.9 Å². The summed E-state index contributed by atoms with van der Waals surface area (Å²) in [5.41, 5.74) is -0.613. The number of rotatable bonds is 9. The van der Waals surface area contributed by atoms with Gasteiger partial charge in [0.2, 0.25) is 0 Å². The van der Waals surface area contributed by atoms with Gasteiger partial charge in [0.25, 0.3) is 0 Å². The van der Waals surface area contributed by atoms with E-state index in [9.17, 15) is 9.59 Å². The Labute approximate surface area is 227 Å². The third-order valence-corrected chi connectivity index (χ3v) is 12.2. The van der Waals surface area contributed by atoms with Crippen molar-refractivity contribution < 1.29 is 19.1 Å². The molecule has 5 aliphatic carbocycles. The smallest absolute Gasteiger partial charge is 0.344 e. The molecule has 37 heavy (non-hydrogen) atoms. The van der Waals surface area contributed by atoms with Gasteiger partial charge in [0.05, 0.1) is 5.41 Å². The first-order valence-corrected chi connectivity index (χ1v) is 15.6. The molecule has 0 aromatic carbocycles. The summed E-state index contributed by atoms with van der Waals surface area (Å²) in [6.45, 7) is 19.9. The van der Waals surface area contributed by atoms with Gasteiger partial charge in [-0.1, -0.05) is 68.7 Å². The maximum absolute atomic E-state index is 13.5. The maximum atomic E-state index is 13.5. The Kier molecular flexibility index (Phi) is 7.70. The highest BCUT2D eigenvalue weighted by molar-refractivity contribution is 5.82. The quantitative estimate of drug-likeness (QED) is 0.289. The van der Waals surface area contributed by atoms with Crippen LogP contribution in [0.1, 0.15) is 133 Å². The summed E-state index contributed by atoms with van der Waals surface area (Å²) in [6, 6.07) is 0. The van der Waals surface area contributed by atoms with Gasteiger partial charge in [-0.25, -0.2) is 4.79 Å². The van der Waals surface area contributed by atoms with Crippen LogP contribution in [0, 0.1) is 51.2 Å². The Bertz CT molecular complexity index is 842. The van der Waals surface area contributed by atoms with Crippen LogP contribution in [-0.2, 0) is 19.1 Å². The summed E-state index contributed by atoms with van der Waals surface area (Å²) >= 11 is 0. The number of hydrogen-bond donors (Lipinski definition) is 0. The molecule has 0 N–H and O–H groups in total. The van der Waals surface area contributed by atoms with Crippen LogP contribution in [0.25, 0.3) is 0 Å². The van der Waals surface area contributed by atoms with E-state index >= 15 is 0 Å². The van der Waals surface area contributed by atoms with E-state index in [1.807, 2.05) is 0 Å². The second-order valence-electron chi connectivity index (χ2n) is 15.6. The number of hydrogen-bond acceptors (Lipinski definition) is 4. The second kappa shape index (κ2) is 9.84. The molecule has 5 saturated carbocycles. The van der Waals surface area contributed by atoms with Crippen molar-refractivity contribution in [3.63, 3.8) is 0 Å². The molecule has 0 radical (unpaired) electrons. The van der Waals surface area contributed by atoms with Crippen LogP contribution in [0.15, 0.2) is 0 Å². The van der Waals surface area contributed by atoms with Crippen molar-refractivity contribution in [2.45, 2.75) is 139 Å². The first-order chi connectivity index (χ1) is 17.2. The maximum Gasteiger partial charge on any atom is 0.344 e. The average molecular weight is 517 g/mol. The first-order valence-electron chi connectivity index (χ1n) is 15.6. The largest absolute Gasteiger partial charge is 0.456 e. The lowest BCUT2D eigenvalue weighted by molar-refractivity contribution is -0.203. The van der Waals surface area contributed by atoms with Crippen LogP contribution < -0.4 is 0 Å². The van der Waals surface area contributed by atoms with Crippen LogP contribution >= 0.6 is 0 Å². The van der Waals surface area contributed by atoms with Gasteiger partial charge in [-0.05, 0) is 105 Å². The molecule has 0 aliphatic heterocycles. The van der Waals surface area contributed by atoms with Gasteiger partial charge in [0.1, 0.15) is 5.60 Å². The highest BCUT2D eigenvalue weighted by Crippen LogP contribution is 2.68. The lowest BCUT2D eigenvalue weighted by Gasteiger charge is -2.55. The van der Waals surface area contributed by atoms with E-state index in [2.05, 4.69) is 62.3 Å². The van der Waals surface area contributed by atoms with Gasteiger partial charge in [0, 0.05) is 5.41 Å². The number of esters is 2. The number of carbonyl (C=O) groups is 2. The minimum absolute atomic E-state index is 0.0187. The number of fused-ring (bicyclic) bond motifs is 1. The third kappa shape index (κ3) is 4.79. The predicted molar refractivity (Wildman–Crippen MR) is 149 cm³/mol. The Balaban J connectivity index is 1.52. The Morgan fingerprint density at radius 3 is 1.92 bits per heavy atom. The lowest BCUT2D eigenvalue weighted by atomic mass is 9.50. The Morgan fingerprint density at radius 2 is 1.46 bits per heavy atom. The molecule has 4 bridgehead atoms. The van der Waals surface area contributed by atoms with Gasteiger partial charge in [0.15, 0.2) is 6.61 Å². The van der Waals surface area contributed by atoms with Crippen LogP contribution in [0.2, 0.25) is 0 Å². The lowest BCUT2D eigenvalue weighted by Crippen LogP contribution is -2.56. The molecule has 5 aliphatic rings. The summed E-state index contributed by atoms with van der Waals surface area (Å²) in [6.07, 6.45) is 12.3. The molecule has 5 atom stereocenters. The summed E-state index contributed by atoms with van der Waals surface area (Å²) in [4.78, 5) is 27.0. The molecular formula is C33H56O4. The summed E-state index contributed by atoms with van der Waals surface area (Å²) in [7, 11) is 0. The molecule has 0 aromatic heterocycles. The summed E-state index contributed by atoms with van der Waals surface area (Å²) in [5, 5.41) is 0. The Hall–Kier alpha value is -1.06. The second-order valence-corrected chi connectivity index (χ2v) is 15.6. The Morgan fingerprint density at radius 1 is 0.892 bits per heavy atom. The van der Waals surface area contributed by atoms with Crippen LogP contribution in [0.4, 0.5) is 0 Å². The molecule has 212 valence electrons. The zero-order valence-electron chi connectivity index (χ0n) is 25.5. The zero-order chi connectivity index (χ0) is 27.4. The number of carbonyl (C=O) groups excluding carboxylic acids is 2. The minimum atomic E-state index is -0.494. The van der Waals surface area contributed by atoms with E-state index in [0.29, 0.717) is 5.41 Å². The SMILES string of the molecule is CCC1(C)CC2(C(CC)(CC)OC(=O)COC(=O)C3(CC(C)(C)C)C(C)CC3C)CC3CC(CC1C3)C2. The highest BCUT2D eigenvalue weighted by Gasteiger charge is 2.63. The molecule has 0 aromatic rings. The van der Waals surface area contributed by atoms with Crippen molar-refractivity contribution in [3.8, 4) is 0 Å². The topological polar surface area (TPSA) is 52.6 Å². The standard InChI is InChI=1S/C33H56O4/c1-10-30(9)21-31(17-24-14-25(18-31)16-26(30)15-24)32(11-2,12-3)37-27(34)19-36-28(35)33(20-29(6,7)8)22(4)13-23(33)5/h22-26H,10-21H2,1-9H3. The molecule has 5 rings (SSSR count).